The molecule has 2 aromatic rings. The van der Waals surface area contributed by atoms with Crippen molar-refractivity contribution in [3.8, 4) is 11.8 Å². The zero-order valence-corrected chi connectivity index (χ0v) is 13.7. The van der Waals surface area contributed by atoms with Gasteiger partial charge in [0.05, 0.1) is 5.56 Å². The largest absolute Gasteiger partial charge is 0.206 e. The molecule has 0 aliphatic carbocycles. The minimum atomic E-state index is -0.580. The van der Waals surface area contributed by atoms with Crippen LogP contribution in [-0.2, 0) is 12.8 Å². The lowest BCUT2D eigenvalue weighted by atomic mass is 10.0. The van der Waals surface area contributed by atoms with E-state index in [0.717, 1.165) is 36.8 Å². The first kappa shape index (κ1) is 17.2. The quantitative estimate of drug-likeness (QED) is 0.643. The van der Waals surface area contributed by atoms with E-state index >= 15 is 0 Å². The van der Waals surface area contributed by atoms with Gasteiger partial charge in [-0.05, 0) is 60.7 Å². The van der Waals surface area contributed by atoms with Crippen LogP contribution in [0.25, 0.3) is 0 Å². The molecule has 0 aliphatic heterocycles. The number of benzene rings is 2. The van der Waals surface area contributed by atoms with Crippen molar-refractivity contribution >= 4 is 0 Å². The fourth-order valence-electron chi connectivity index (χ4n) is 2.46. The van der Waals surface area contributed by atoms with Crippen molar-refractivity contribution in [2.24, 2.45) is 0 Å². The number of hydrogen-bond donors (Lipinski definition) is 0. The van der Waals surface area contributed by atoms with E-state index in [2.05, 4.69) is 31.8 Å². The first-order chi connectivity index (χ1) is 11.2. The van der Waals surface area contributed by atoms with Gasteiger partial charge in [0, 0.05) is 5.56 Å². The normalized spacial score (nSPS) is 10.3. The van der Waals surface area contributed by atoms with E-state index in [9.17, 15) is 8.78 Å². The predicted octanol–water partition coefficient (Wildman–Crippen LogP) is 5.46. The smallest absolute Gasteiger partial charge is 0.142 e. The maximum atomic E-state index is 14.1. The van der Waals surface area contributed by atoms with Crippen molar-refractivity contribution in [1.82, 2.24) is 0 Å². The summed E-state index contributed by atoms with van der Waals surface area (Å²) < 4.78 is 28.3. The lowest BCUT2D eigenvalue weighted by molar-refractivity contribution is 0.572. The van der Waals surface area contributed by atoms with Gasteiger partial charge in [-0.15, -0.1) is 0 Å². The molecule has 1 radical (unpaired) electrons. The third kappa shape index (κ3) is 4.66. The number of hydrogen-bond acceptors (Lipinski definition) is 0. The average Bonchev–Trinajstić information content (AvgIpc) is 2.54. The molecule has 0 bridgehead atoms. The molecular weight excluding hydrogens is 290 g/mol. The van der Waals surface area contributed by atoms with Gasteiger partial charge in [0.25, 0.3) is 0 Å². The van der Waals surface area contributed by atoms with E-state index in [1.807, 2.05) is 12.1 Å². The molecule has 0 spiro atoms. The molecule has 0 N–H and O–H groups in total. The van der Waals surface area contributed by atoms with Crippen LogP contribution in [0.4, 0.5) is 8.78 Å². The van der Waals surface area contributed by atoms with Crippen LogP contribution in [0.2, 0.25) is 0 Å². The Labute approximate surface area is 137 Å². The molecule has 23 heavy (non-hydrogen) atoms. The minimum absolute atomic E-state index is 0.152. The van der Waals surface area contributed by atoms with Gasteiger partial charge in [0.2, 0.25) is 0 Å². The molecule has 2 rings (SSSR count). The summed E-state index contributed by atoms with van der Waals surface area (Å²) in [6.45, 7) is 4.14. The number of aryl methyl sites for hydroxylation is 2. The molecule has 0 amide bonds. The number of halogens is 2. The Morgan fingerprint density at radius 1 is 1.00 bits per heavy atom. The summed E-state index contributed by atoms with van der Waals surface area (Å²) in [7, 11) is 0. The van der Waals surface area contributed by atoms with Crippen molar-refractivity contribution in [3.63, 3.8) is 0 Å². The summed E-state index contributed by atoms with van der Waals surface area (Å²) in [6.07, 6.45) is 4.47. The Kier molecular flexibility index (Phi) is 6.35. The molecular formula is C21H21F2. The summed E-state index contributed by atoms with van der Waals surface area (Å²) in [5, 5.41) is 0. The zero-order chi connectivity index (χ0) is 16.7. The van der Waals surface area contributed by atoms with Crippen LogP contribution in [0.5, 0.6) is 0 Å². The van der Waals surface area contributed by atoms with Gasteiger partial charge in [-0.1, -0.05) is 44.6 Å². The Bertz CT molecular complexity index is 697. The molecule has 2 heteroatoms. The van der Waals surface area contributed by atoms with Crippen LogP contribution in [0.15, 0.2) is 30.3 Å². The zero-order valence-electron chi connectivity index (χ0n) is 13.7. The molecule has 0 aliphatic rings. The van der Waals surface area contributed by atoms with Crippen molar-refractivity contribution in [2.75, 3.05) is 0 Å². The van der Waals surface area contributed by atoms with Crippen molar-refractivity contribution in [1.29, 1.82) is 0 Å². The van der Waals surface area contributed by atoms with Crippen LogP contribution in [0.1, 0.15) is 55.4 Å². The summed E-state index contributed by atoms with van der Waals surface area (Å²) in [5.74, 6) is 4.41. The SMILES string of the molecule is CCCCc1cc(F)c(C#Cc2cc[c]cc2CCC)c(F)c1. The van der Waals surface area contributed by atoms with Gasteiger partial charge in [0.15, 0.2) is 0 Å². The molecule has 2 aromatic carbocycles. The Morgan fingerprint density at radius 2 is 1.74 bits per heavy atom. The Hall–Kier alpha value is -2.14. The summed E-state index contributed by atoms with van der Waals surface area (Å²) in [5.41, 5.74) is 2.40. The second-order valence-corrected chi connectivity index (χ2v) is 5.62. The van der Waals surface area contributed by atoms with Crippen molar-refractivity contribution in [3.05, 3.63) is 70.3 Å². The van der Waals surface area contributed by atoms with E-state index in [1.54, 1.807) is 6.07 Å². The minimum Gasteiger partial charge on any atom is -0.206 e. The molecule has 0 aromatic heterocycles. The van der Waals surface area contributed by atoms with E-state index in [-0.39, 0.29) is 5.56 Å². The lowest BCUT2D eigenvalue weighted by Gasteiger charge is -2.04. The van der Waals surface area contributed by atoms with Crippen LogP contribution in [0.3, 0.4) is 0 Å². The first-order valence-electron chi connectivity index (χ1n) is 8.14. The molecule has 0 saturated carbocycles. The van der Waals surface area contributed by atoms with E-state index in [0.29, 0.717) is 12.0 Å². The third-order valence-electron chi connectivity index (χ3n) is 3.71. The molecule has 119 valence electrons. The van der Waals surface area contributed by atoms with E-state index in [4.69, 9.17) is 0 Å². The topological polar surface area (TPSA) is 0 Å². The molecule has 0 heterocycles. The van der Waals surface area contributed by atoms with E-state index in [1.165, 1.54) is 12.1 Å². The summed E-state index contributed by atoms with van der Waals surface area (Å²) in [6, 6.07) is 11.3. The summed E-state index contributed by atoms with van der Waals surface area (Å²) >= 11 is 0. The maximum Gasteiger partial charge on any atom is 0.142 e. The number of unbranched alkanes of at least 4 members (excludes halogenated alkanes) is 1. The highest BCUT2D eigenvalue weighted by molar-refractivity contribution is 5.47. The average molecular weight is 311 g/mol. The van der Waals surface area contributed by atoms with Crippen LogP contribution < -0.4 is 0 Å². The van der Waals surface area contributed by atoms with Crippen LogP contribution in [-0.4, -0.2) is 0 Å². The highest BCUT2D eigenvalue weighted by atomic mass is 19.1. The van der Waals surface area contributed by atoms with E-state index < -0.39 is 11.6 Å². The van der Waals surface area contributed by atoms with Gasteiger partial charge in [-0.3, -0.25) is 0 Å². The van der Waals surface area contributed by atoms with Crippen molar-refractivity contribution in [2.45, 2.75) is 46.0 Å². The predicted molar refractivity (Wildman–Crippen MR) is 90.2 cm³/mol. The highest BCUT2D eigenvalue weighted by Crippen LogP contribution is 2.17. The molecule has 0 unspecified atom stereocenters. The fraction of sp³-hybridized carbons (Fsp3) is 0.333. The second-order valence-electron chi connectivity index (χ2n) is 5.62. The monoisotopic (exact) mass is 311 g/mol. The molecule has 0 nitrogen and oxygen atoms in total. The summed E-state index contributed by atoms with van der Waals surface area (Å²) in [4.78, 5) is 0. The standard InChI is InChI=1S/C21H21F2/c1-3-5-9-16-14-20(22)19(21(23)15-16)13-12-18-11-7-6-10-17(18)8-4-2/h7,10-11,14-15H,3-5,8-9H2,1-2H3. The maximum absolute atomic E-state index is 14.1. The van der Waals surface area contributed by atoms with Crippen molar-refractivity contribution < 1.29 is 8.78 Å². The Morgan fingerprint density at radius 3 is 2.39 bits per heavy atom. The molecule has 0 saturated heterocycles. The molecule has 0 fully saturated rings. The van der Waals surface area contributed by atoms with Gasteiger partial charge < -0.3 is 0 Å². The molecule has 0 atom stereocenters. The van der Waals surface area contributed by atoms with Gasteiger partial charge >= 0.3 is 0 Å². The van der Waals surface area contributed by atoms with Gasteiger partial charge in [0.1, 0.15) is 11.6 Å². The first-order valence-corrected chi connectivity index (χ1v) is 8.14. The van der Waals surface area contributed by atoms with Gasteiger partial charge in [-0.2, -0.15) is 0 Å². The fourth-order valence-corrected chi connectivity index (χ4v) is 2.46. The highest BCUT2D eigenvalue weighted by Gasteiger charge is 2.09. The van der Waals surface area contributed by atoms with Gasteiger partial charge in [-0.25, -0.2) is 8.78 Å². The Balaban J connectivity index is 2.31. The lowest BCUT2D eigenvalue weighted by Crippen LogP contribution is -1.95. The second kappa shape index (κ2) is 8.48. The van der Waals surface area contributed by atoms with Crippen LogP contribution in [0, 0.1) is 29.5 Å². The third-order valence-corrected chi connectivity index (χ3v) is 3.71. The number of rotatable bonds is 5. The van der Waals surface area contributed by atoms with Crippen LogP contribution >= 0.6 is 0 Å².